The standard InChI is InChI=1S/C54H27B7N2S/c55-46-43(47(56)51(60)53-44(46)45-48(57)49(58)50(59)52(61)54(45)62(53)32-21-22-35-34-16-8-10-18-41(34)64-42(35)27-32)31-20-24-40-37(26-31)36-25-30(28-11-3-1-4-12-28)19-23-39(36)63(40)38-17-9-7-15-33(38)29-13-5-2-6-14-29/h1-27H. The number of para-hydroxylation sites is 1. The van der Waals surface area contributed by atoms with Gasteiger partial charge in [0.1, 0.15) is 54.9 Å². The molecule has 0 fully saturated rings. The molecule has 0 amide bonds. The van der Waals surface area contributed by atoms with Gasteiger partial charge in [-0.1, -0.05) is 143 Å². The Morgan fingerprint density at radius 3 is 1.64 bits per heavy atom. The maximum atomic E-state index is 7.44. The van der Waals surface area contributed by atoms with Gasteiger partial charge in [0.05, 0.1) is 16.7 Å². The summed E-state index contributed by atoms with van der Waals surface area (Å²) in [6.45, 7) is 0. The van der Waals surface area contributed by atoms with Gasteiger partial charge >= 0.3 is 0 Å². The molecule has 0 unspecified atom stereocenters. The van der Waals surface area contributed by atoms with Crippen molar-refractivity contribution in [3.63, 3.8) is 0 Å². The largest absolute Gasteiger partial charge is 0.310 e. The molecule has 2 nitrogen and oxygen atoms in total. The van der Waals surface area contributed by atoms with Crippen molar-refractivity contribution >= 4 is 168 Å². The van der Waals surface area contributed by atoms with Gasteiger partial charge < -0.3 is 9.13 Å². The van der Waals surface area contributed by atoms with Gasteiger partial charge in [0.25, 0.3) is 0 Å². The Morgan fingerprint density at radius 1 is 0.344 bits per heavy atom. The number of benzene rings is 9. The lowest BCUT2D eigenvalue weighted by molar-refractivity contribution is 1.18. The van der Waals surface area contributed by atoms with Gasteiger partial charge in [0, 0.05) is 58.6 Å². The van der Waals surface area contributed by atoms with Crippen LogP contribution in [-0.2, 0) is 0 Å². The highest BCUT2D eigenvalue weighted by Crippen LogP contribution is 2.41. The van der Waals surface area contributed by atoms with Gasteiger partial charge in [-0.25, -0.2) is 0 Å². The van der Waals surface area contributed by atoms with E-state index >= 15 is 0 Å². The molecule has 10 heteroatoms. The van der Waals surface area contributed by atoms with E-state index in [0.717, 1.165) is 71.1 Å². The smallest absolute Gasteiger partial charge is 0.115 e. The quantitative estimate of drug-likeness (QED) is 0.169. The average molecular weight is 812 g/mol. The van der Waals surface area contributed by atoms with E-state index in [9.17, 15) is 0 Å². The molecule has 280 valence electrons. The zero-order valence-corrected chi connectivity index (χ0v) is 35.2. The summed E-state index contributed by atoms with van der Waals surface area (Å²) in [4.78, 5) is 0. The van der Waals surface area contributed by atoms with Crippen molar-refractivity contribution in [2.75, 3.05) is 0 Å². The number of fused-ring (bicyclic) bond motifs is 9. The molecule has 0 bridgehead atoms. The summed E-state index contributed by atoms with van der Waals surface area (Å²) in [6, 6.07) is 57.1. The number of rotatable bonds is 5. The van der Waals surface area contributed by atoms with Crippen LogP contribution in [0, 0.1) is 0 Å². The molecule has 12 aromatic rings. The van der Waals surface area contributed by atoms with Gasteiger partial charge in [-0.05, 0) is 81.7 Å². The van der Waals surface area contributed by atoms with Crippen LogP contribution in [0.1, 0.15) is 0 Å². The molecular weight excluding hydrogens is 784 g/mol. The summed E-state index contributed by atoms with van der Waals surface area (Å²) in [7, 11) is 49.0. The van der Waals surface area contributed by atoms with Crippen LogP contribution in [0.3, 0.4) is 0 Å². The third-order valence-corrected chi connectivity index (χ3v) is 14.1. The summed E-state index contributed by atoms with van der Waals surface area (Å²) < 4.78 is 6.60. The molecule has 9 aromatic carbocycles. The van der Waals surface area contributed by atoms with E-state index in [1.165, 1.54) is 10.1 Å². The van der Waals surface area contributed by atoms with Crippen molar-refractivity contribution in [3.05, 3.63) is 164 Å². The fraction of sp³-hybridized carbons (Fsp3) is 0. The third kappa shape index (κ3) is 5.61. The van der Waals surface area contributed by atoms with Crippen LogP contribution in [0.15, 0.2) is 164 Å². The van der Waals surface area contributed by atoms with Crippen LogP contribution in [-0.4, -0.2) is 64.1 Å². The summed E-state index contributed by atoms with van der Waals surface area (Å²) >= 11 is 1.71. The normalized spacial score (nSPS) is 11.9. The van der Waals surface area contributed by atoms with Gasteiger partial charge in [-0.15, -0.1) is 22.3 Å². The highest BCUT2D eigenvalue weighted by molar-refractivity contribution is 7.25. The van der Waals surface area contributed by atoms with Crippen molar-refractivity contribution < 1.29 is 0 Å². The molecule has 12 rings (SSSR count). The summed E-state index contributed by atoms with van der Waals surface area (Å²) in [5.41, 5.74) is 12.9. The van der Waals surface area contributed by atoms with Crippen LogP contribution in [0.25, 0.3) is 109 Å². The Morgan fingerprint density at radius 2 is 0.906 bits per heavy atom. The van der Waals surface area contributed by atoms with E-state index in [1.807, 2.05) is 22.8 Å². The van der Waals surface area contributed by atoms with Crippen LogP contribution in [0.5, 0.6) is 0 Å². The molecule has 0 atom stereocenters. The average Bonchev–Trinajstić information content (AvgIpc) is 4.00. The zero-order valence-electron chi connectivity index (χ0n) is 34.4. The first-order chi connectivity index (χ1) is 31.2. The topological polar surface area (TPSA) is 9.86 Å². The molecule has 3 heterocycles. The van der Waals surface area contributed by atoms with Gasteiger partial charge in [0.15, 0.2) is 0 Å². The molecule has 0 aliphatic rings. The van der Waals surface area contributed by atoms with Gasteiger partial charge in [0.2, 0.25) is 0 Å². The monoisotopic (exact) mass is 812 g/mol. The second-order valence-electron chi connectivity index (χ2n) is 16.4. The van der Waals surface area contributed by atoms with Crippen LogP contribution >= 0.6 is 11.3 Å². The first-order valence-electron chi connectivity index (χ1n) is 21.0. The number of hydrogen-bond donors (Lipinski definition) is 0. The van der Waals surface area contributed by atoms with Crippen molar-refractivity contribution in [2.45, 2.75) is 0 Å². The predicted molar refractivity (Wildman–Crippen MR) is 282 cm³/mol. The molecule has 0 aliphatic carbocycles. The molecule has 14 radical (unpaired) electrons. The summed E-state index contributed by atoms with van der Waals surface area (Å²) in [5.74, 6) is 0. The van der Waals surface area contributed by atoms with Crippen LogP contribution in [0.2, 0.25) is 0 Å². The molecule has 0 N–H and O–H groups in total. The van der Waals surface area contributed by atoms with E-state index < -0.39 is 0 Å². The van der Waals surface area contributed by atoms with Gasteiger partial charge in [-0.2, -0.15) is 0 Å². The van der Waals surface area contributed by atoms with E-state index in [0.29, 0.717) is 43.8 Å². The van der Waals surface area contributed by atoms with E-state index in [4.69, 9.17) is 54.9 Å². The minimum atomic E-state index is 0.180. The van der Waals surface area contributed by atoms with E-state index in [1.54, 1.807) is 11.3 Å². The number of aromatic nitrogens is 2. The van der Waals surface area contributed by atoms with Crippen molar-refractivity contribution in [3.8, 4) is 44.8 Å². The molecule has 64 heavy (non-hydrogen) atoms. The Balaban J connectivity index is 1.15. The summed E-state index contributed by atoms with van der Waals surface area (Å²) in [6.07, 6.45) is 0. The highest BCUT2D eigenvalue weighted by atomic mass is 32.1. The number of nitrogens with zero attached hydrogens (tertiary/aromatic N) is 2. The minimum absolute atomic E-state index is 0.180. The second-order valence-corrected chi connectivity index (χ2v) is 17.5. The molecule has 3 aromatic heterocycles. The van der Waals surface area contributed by atoms with Crippen LogP contribution < -0.4 is 38.2 Å². The SMILES string of the molecule is [B]c1c([B])c([B])c2c(c1[B])c1c([B])c(-c3ccc4c(c3)c3cc(-c5ccccc5)ccc3n4-c3ccccc3-c3ccccc3)c([B])c([B])c1n2-c1ccc2c(c1)sc1ccccc12. The Kier molecular flexibility index (Phi) is 8.91. The fourth-order valence-electron chi connectivity index (χ4n) is 9.89. The van der Waals surface area contributed by atoms with Crippen molar-refractivity contribution in [1.29, 1.82) is 0 Å². The van der Waals surface area contributed by atoms with E-state index in [2.05, 4.69) is 150 Å². The Bertz CT molecular complexity index is 3930. The molecule has 0 aliphatic heterocycles. The third-order valence-electron chi connectivity index (χ3n) is 12.9. The Hall–Kier alpha value is -6.75. The van der Waals surface area contributed by atoms with Crippen molar-refractivity contribution in [2.24, 2.45) is 0 Å². The number of hydrogen-bond acceptors (Lipinski definition) is 1. The maximum Gasteiger partial charge on any atom is 0.115 e. The van der Waals surface area contributed by atoms with E-state index in [-0.39, 0.29) is 21.9 Å². The first kappa shape index (κ1) is 38.9. The first-order valence-corrected chi connectivity index (χ1v) is 21.8. The lowest BCUT2D eigenvalue weighted by atomic mass is 9.64. The predicted octanol–water partition coefficient (Wildman–Crippen LogP) is 6.81. The Labute approximate surface area is 383 Å². The summed E-state index contributed by atoms with van der Waals surface area (Å²) in [5, 5.41) is 5.57. The lowest BCUT2D eigenvalue weighted by Crippen LogP contribution is -2.48. The van der Waals surface area contributed by atoms with Crippen LogP contribution in [0.4, 0.5) is 0 Å². The second kappa shape index (κ2) is 14.7. The van der Waals surface area contributed by atoms with Crippen molar-refractivity contribution in [1.82, 2.24) is 9.13 Å². The molecule has 0 saturated carbocycles. The molecular formula is C54H27B7N2S. The highest BCUT2D eigenvalue weighted by Gasteiger charge is 2.25. The maximum absolute atomic E-state index is 7.44. The van der Waals surface area contributed by atoms with Gasteiger partial charge in [-0.3, -0.25) is 0 Å². The lowest BCUT2D eigenvalue weighted by Gasteiger charge is -2.19. The fourth-order valence-corrected chi connectivity index (χ4v) is 11.0. The minimum Gasteiger partial charge on any atom is -0.310 e. The molecule has 0 spiro atoms. The number of thiophene rings is 1. The zero-order chi connectivity index (χ0) is 43.5. The molecule has 0 saturated heterocycles.